The molecule has 1 aromatic heterocycles. The highest BCUT2D eigenvalue weighted by Crippen LogP contribution is 2.21. The summed E-state index contributed by atoms with van der Waals surface area (Å²) in [4.78, 5) is 18.4. The summed E-state index contributed by atoms with van der Waals surface area (Å²) in [5, 5.41) is 3.12. The molecule has 0 bridgehead atoms. The standard InChI is InChI=1S/C21H29N3O2/c1-5-13-26-19-9-7-17(8-10-19)20(6-2)23-21(25)24(4)15-18-11-12-22-14-16(18)3/h7-12,14,20H,5-6,13,15H2,1-4H3,(H,23,25). The third kappa shape index (κ3) is 5.48. The van der Waals surface area contributed by atoms with Crippen LogP contribution in [0.3, 0.4) is 0 Å². The summed E-state index contributed by atoms with van der Waals surface area (Å²) in [6.45, 7) is 7.43. The van der Waals surface area contributed by atoms with Gasteiger partial charge >= 0.3 is 6.03 Å². The van der Waals surface area contributed by atoms with Crippen LogP contribution in [0.1, 0.15) is 49.4 Å². The Morgan fingerprint density at radius 3 is 2.58 bits per heavy atom. The summed E-state index contributed by atoms with van der Waals surface area (Å²) >= 11 is 0. The SMILES string of the molecule is CCCOc1ccc(C(CC)NC(=O)N(C)Cc2ccncc2C)cc1. The number of rotatable bonds is 8. The Balaban J connectivity index is 1.97. The minimum Gasteiger partial charge on any atom is -0.494 e. The van der Waals surface area contributed by atoms with Gasteiger partial charge in [-0.15, -0.1) is 0 Å². The number of urea groups is 1. The first-order valence-corrected chi connectivity index (χ1v) is 9.19. The normalized spacial score (nSPS) is 11.7. The maximum absolute atomic E-state index is 12.6. The third-order valence-electron chi connectivity index (χ3n) is 4.35. The average molecular weight is 355 g/mol. The van der Waals surface area contributed by atoms with E-state index >= 15 is 0 Å². The van der Waals surface area contributed by atoms with Gasteiger partial charge in [-0.25, -0.2) is 4.79 Å². The lowest BCUT2D eigenvalue weighted by Crippen LogP contribution is -2.39. The van der Waals surface area contributed by atoms with Gasteiger partial charge in [-0.05, 0) is 54.7 Å². The number of benzene rings is 1. The van der Waals surface area contributed by atoms with Crippen LogP contribution in [0.2, 0.25) is 0 Å². The summed E-state index contributed by atoms with van der Waals surface area (Å²) in [6.07, 6.45) is 5.38. The number of hydrogen-bond acceptors (Lipinski definition) is 3. The smallest absolute Gasteiger partial charge is 0.317 e. The van der Waals surface area contributed by atoms with Gasteiger partial charge in [-0.1, -0.05) is 26.0 Å². The highest BCUT2D eigenvalue weighted by molar-refractivity contribution is 5.74. The van der Waals surface area contributed by atoms with Crippen molar-refractivity contribution in [1.82, 2.24) is 15.2 Å². The molecule has 1 heterocycles. The molecule has 26 heavy (non-hydrogen) atoms. The van der Waals surface area contributed by atoms with Crippen LogP contribution < -0.4 is 10.1 Å². The molecule has 5 nitrogen and oxygen atoms in total. The number of aromatic nitrogens is 1. The van der Waals surface area contributed by atoms with E-state index in [1.54, 1.807) is 11.1 Å². The molecule has 140 valence electrons. The zero-order valence-electron chi connectivity index (χ0n) is 16.2. The van der Waals surface area contributed by atoms with Crippen molar-refractivity contribution in [3.63, 3.8) is 0 Å². The minimum absolute atomic E-state index is 0.0243. The van der Waals surface area contributed by atoms with E-state index in [9.17, 15) is 4.79 Å². The quantitative estimate of drug-likeness (QED) is 0.760. The molecule has 2 amide bonds. The Morgan fingerprint density at radius 2 is 1.96 bits per heavy atom. The highest BCUT2D eigenvalue weighted by Gasteiger charge is 2.16. The van der Waals surface area contributed by atoms with Crippen LogP contribution in [0.5, 0.6) is 5.75 Å². The number of nitrogens with one attached hydrogen (secondary N) is 1. The molecule has 1 N–H and O–H groups in total. The van der Waals surface area contributed by atoms with E-state index in [0.29, 0.717) is 13.2 Å². The molecule has 0 saturated carbocycles. The van der Waals surface area contributed by atoms with Crippen molar-refractivity contribution in [3.8, 4) is 5.75 Å². The van der Waals surface area contributed by atoms with Gasteiger partial charge in [0.25, 0.3) is 0 Å². The fraction of sp³-hybridized carbons (Fsp3) is 0.429. The van der Waals surface area contributed by atoms with Crippen LogP contribution >= 0.6 is 0 Å². The van der Waals surface area contributed by atoms with Crippen LogP contribution in [-0.2, 0) is 6.54 Å². The van der Waals surface area contributed by atoms with Gasteiger partial charge in [0.05, 0.1) is 12.6 Å². The Morgan fingerprint density at radius 1 is 1.23 bits per heavy atom. The van der Waals surface area contributed by atoms with E-state index < -0.39 is 0 Å². The second kappa shape index (κ2) is 9.80. The lowest BCUT2D eigenvalue weighted by Gasteiger charge is -2.24. The van der Waals surface area contributed by atoms with Gasteiger partial charge in [0.2, 0.25) is 0 Å². The molecule has 0 radical (unpaired) electrons. The van der Waals surface area contributed by atoms with E-state index in [1.807, 2.05) is 50.5 Å². The van der Waals surface area contributed by atoms with Crippen molar-refractivity contribution in [1.29, 1.82) is 0 Å². The number of amides is 2. The summed E-state index contributed by atoms with van der Waals surface area (Å²) < 4.78 is 5.62. The largest absolute Gasteiger partial charge is 0.494 e. The molecule has 2 rings (SSSR count). The Bertz CT molecular complexity index is 701. The van der Waals surface area contributed by atoms with E-state index in [1.165, 1.54) is 0 Å². The van der Waals surface area contributed by atoms with Crippen LogP contribution in [0, 0.1) is 6.92 Å². The van der Waals surface area contributed by atoms with Crippen LogP contribution in [0.15, 0.2) is 42.7 Å². The lowest BCUT2D eigenvalue weighted by atomic mass is 10.0. The molecule has 0 aliphatic rings. The van der Waals surface area contributed by atoms with Gasteiger partial charge in [0.1, 0.15) is 5.75 Å². The van der Waals surface area contributed by atoms with Crippen LogP contribution in [0.4, 0.5) is 4.79 Å². The number of carbonyl (C=O) groups excluding carboxylic acids is 1. The van der Waals surface area contributed by atoms with E-state index in [2.05, 4.69) is 24.1 Å². The number of aryl methyl sites for hydroxylation is 1. The first-order chi connectivity index (χ1) is 12.5. The predicted molar refractivity (Wildman–Crippen MR) is 104 cm³/mol. The molecule has 0 saturated heterocycles. The summed E-state index contributed by atoms with van der Waals surface area (Å²) in [5.74, 6) is 0.863. The second-order valence-corrected chi connectivity index (χ2v) is 6.49. The van der Waals surface area contributed by atoms with Gasteiger partial charge in [-0.3, -0.25) is 4.98 Å². The van der Waals surface area contributed by atoms with Crippen molar-refractivity contribution in [2.45, 2.75) is 46.2 Å². The number of ether oxygens (including phenoxy) is 1. The number of nitrogens with zero attached hydrogens (tertiary/aromatic N) is 2. The Hall–Kier alpha value is -2.56. The Labute approximate surface area is 156 Å². The molecule has 0 aliphatic heterocycles. The molecule has 1 unspecified atom stereocenters. The summed E-state index contributed by atoms with van der Waals surface area (Å²) in [7, 11) is 1.81. The molecule has 1 aromatic carbocycles. The maximum atomic E-state index is 12.6. The van der Waals surface area contributed by atoms with Crippen molar-refractivity contribution in [2.24, 2.45) is 0 Å². The van der Waals surface area contributed by atoms with Crippen molar-refractivity contribution in [2.75, 3.05) is 13.7 Å². The fourth-order valence-electron chi connectivity index (χ4n) is 2.70. The molecular weight excluding hydrogens is 326 g/mol. The van der Waals surface area contributed by atoms with Gasteiger partial charge in [0.15, 0.2) is 0 Å². The van der Waals surface area contributed by atoms with Crippen LogP contribution in [0.25, 0.3) is 0 Å². The topological polar surface area (TPSA) is 54.5 Å². The fourth-order valence-corrected chi connectivity index (χ4v) is 2.70. The second-order valence-electron chi connectivity index (χ2n) is 6.49. The summed E-state index contributed by atoms with van der Waals surface area (Å²) in [5.41, 5.74) is 3.27. The van der Waals surface area contributed by atoms with E-state index in [0.717, 1.165) is 35.3 Å². The maximum Gasteiger partial charge on any atom is 0.317 e. The number of carbonyl (C=O) groups is 1. The monoisotopic (exact) mass is 355 g/mol. The molecule has 5 heteroatoms. The predicted octanol–water partition coefficient (Wildman–Crippen LogP) is 4.47. The number of hydrogen-bond donors (Lipinski definition) is 1. The zero-order valence-corrected chi connectivity index (χ0v) is 16.2. The van der Waals surface area contributed by atoms with Gasteiger partial charge in [-0.2, -0.15) is 0 Å². The number of pyridine rings is 1. The van der Waals surface area contributed by atoms with Gasteiger partial charge < -0.3 is 15.0 Å². The highest BCUT2D eigenvalue weighted by atomic mass is 16.5. The van der Waals surface area contributed by atoms with Crippen molar-refractivity contribution < 1.29 is 9.53 Å². The van der Waals surface area contributed by atoms with E-state index in [4.69, 9.17) is 4.74 Å². The van der Waals surface area contributed by atoms with Gasteiger partial charge in [0, 0.05) is 26.0 Å². The van der Waals surface area contributed by atoms with Crippen LogP contribution in [-0.4, -0.2) is 29.6 Å². The zero-order chi connectivity index (χ0) is 18.9. The minimum atomic E-state index is -0.0839. The molecule has 1 atom stereocenters. The first kappa shape index (κ1) is 19.8. The molecule has 2 aromatic rings. The molecular formula is C21H29N3O2. The molecule has 0 aliphatic carbocycles. The van der Waals surface area contributed by atoms with Crippen molar-refractivity contribution >= 4 is 6.03 Å². The van der Waals surface area contributed by atoms with Crippen molar-refractivity contribution in [3.05, 3.63) is 59.4 Å². The van der Waals surface area contributed by atoms with E-state index in [-0.39, 0.29) is 12.1 Å². The summed E-state index contributed by atoms with van der Waals surface area (Å²) in [6, 6.07) is 9.81. The third-order valence-corrected chi connectivity index (χ3v) is 4.35. The first-order valence-electron chi connectivity index (χ1n) is 9.19. The average Bonchev–Trinajstić information content (AvgIpc) is 2.66. The Kier molecular flexibility index (Phi) is 7.45. The molecule has 0 spiro atoms. The lowest BCUT2D eigenvalue weighted by molar-refractivity contribution is 0.202. The molecule has 0 fully saturated rings.